The van der Waals surface area contributed by atoms with Crippen LogP contribution in [0.2, 0.25) is 0 Å². The van der Waals surface area contributed by atoms with Crippen LogP contribution in [0, 0.1) is 11.8 Å². The largest absolute Gasteiger partial charge is 0.391 e. The fourth-order valence-electron chi connectivity index (χ4n) is 3.01. The van der Waals surface area contributed by atoms with E-state index in [1.54, 1.807) is 6.92 Å². The summed E-state index contributed by atoms with van der Waals surface area (Å²) in [7, 11) is -3.04. The van der Waals surface area contributed by atoms with Crippen molar-refractivity contribution in [3.05, 3.63) is 0 Å². The van der Waals surface area contributed by atoms with Gasteiger partial charge in [0.1, 0.15) is 9.84 Å². The fraction of sp³-hybridized carbons (Fsp3) is 1.00. The maximum atomic E-state index is 12.8. The van der Waals surface area contributed by atoms with Crippen LogP contribution in [0.4, 0.5) is 13.2 Å². The van der Waals surface area contributed by atoms with E-state index in [1.165, 1.54) is 0 Å². The van der Waals surface area contributed by atoms with E-state index in [-0.39, 0.29) is 36.3 Å². The number of hydrogen-bond acceptors (Lipinski definition) is 4. The minimum Gasteiger partial charge on any atom is -0.271 e. The normalized spacial score (nSPS) is 25.8. The Kier molecular flexibility index (Phi) is 6.93. The van der Waals surface area contributed by atoms with Crippen LogP contribution in [0.25, 0.3) is 0 Å². The van der Waals surface area contributed by atoms with Crippen molar-refractivity contribution in [1.29, 1.82) is 0 Å². The van der Waals surface area contributed by atoms with Gasteiger partial charge in [-0.2, -0.15) is 13.2 Å². The van der Waals surface area contributed by atoms with Gasteiger partial charge in [0.05, 0.1) is 11.7 Å². The van der Waals surface area contributed by atoms with Gasteiger partial charge in [-0.3, -0.25) is 11.3 Å². The molecule has 1 aliphatic carbocycles. The molecule has 8 heteroatoms. The second-order valence-corrected chi connectivity index (χ2v) is 8.29. The Hall–Kier alpha value is -0.340. The van der Waals surface area contributed by atoms with E-state index >= 15 is 0 Å². The molecule has 0 aromatic heterocycles. The second kappa shape index (κ2) is 7.78. The van der Waals surface area contributed by atoms with Crippen molar-refractivity contribution in [2.24, 2.45) is 17.7 Å². The molecule has 0 aromatic rings. The molecule has 1 saturated carbocycles. The van der Waals surface area contributed by atoms with Gasteiger partial charge < -0.3 is 0 Å². The maximum absolute atomic E-state index is 12.8. The number of alkyl halides is 3. The Balaban J connectivity index is 2.52. The summed E-state index contributed by atoms with van der Waals surface area (Å²) in [6.45, 7) is 1.59. The number of nitrogens with two attached hydrogens (primary N) is 1. The average molecular weight is 330 g/mol. The Morgan fingerprint density at radius 2 is 2.00 bits per heavy atom. The standard InChI is InChI=1S/C13H25F3N2O2S/c1-2-21(19,20)8-4-7-12(18-17)10-5-3-6-11(9-10)13(14,15)16/h10-12,18H,2-9,17H2,1H3. The van der Waals surface area contributed by atoms with Crippen molar-refractivity contribution >= 4 is 9.84 Å². The van der Waals surface area contributed by atoms with Crippen LogP contribution >= 0.6 is 0 Å². The molecular formula is C13H25F3N2O2S. The highest BCUT2D eigenvalue weighted by Gasteiger charge is 2.43. The van der Waals surface area contributed by atoms with Gasteiger partial charge in [-0.1, -0.05) is 13.3 Å². The first-order chi connectivity index (χ1) is 9.69. The molecule has 0 bridgehead atoms. The number of halogens is 3. The first-order valence-corrected chi connectivity index (χ1v) is 9.25. The predicted octanol–water partition coefficient (Wildman–Crippen LogP) is 2.40. The molecule has 1 rings (SSSR count). The lowest BCUT2D eigenvalue weighted by atomic mass is 9.76. The van der Waals surface area contributed by atoms with E-state index in [4.69, 9.17) is 5.84 Å². The summed E-state index contributed by atoms with van der Waals surface area (Å²) in [5.41, 5.74) is 2.59. The molecule has 21 heavy (non-hydrogen) atoms. The van der Waals surface area contributed by atoms with Gasteiger partial charge in [-0.15, -0.1) is 0 Å². The second-order valence-electron chi connectivity index (χ2n) is 5.82. The zero-order valence-corrected chi connectivity index (χ0v) is 13.1. The molecule has 0 amide bonds. The first kappa shape index (κ1) is 18.7. The number of hydrogen-bond donors (Lipinski definition) is 2. The molecule has 0 aromatic carbocycles. The first-order valence-electron chi connectivity index (χ1n) is 7.43. The van der Waals surface area contributed by atoms with Crippen LogP contribution in [-0.4, -0.2) is 32.1 Å². The van der Waals surface area contributed by atoms with E-state index in [9.17, 15) is 21.6 Å². The van der Waals surface area contributed by atoms with Crippen molar-refractivity contribution in [2.75, 3.05) is 11.5 Å². The highest BCUT2D eigenvalue weighted by molar-refractivity contribution is 7.91. The Bertz CT molecular complexity index is 412. The molecule has 0 radical (unpaired) electrons. The molecule has 0 saturated heterocycles. The molecule has 1 aliphatic rings. The van der Waals surface area contributed by atoms with Gasteiger partial charge in [-0.25, -0.2) is 8.42 Å². The van der Waals surface area contributed by atoms with Crippen LogP contribution in [0.3, 0.4) is 0 Å². The van der Waals surface area contributed by atoms with E-state index < -0.39 is 21.9 Å². The third-order valence-electron chi connectivity index (χ3n) is 4.37. The van der Waals surface area contributed by atoms with Crippen LogP contribution in [-0.2, 0) is 9.84 Å². The number of nitrogens with one attached hydrogen (secondary N) is 1. The molecule has 0 spiro atoms. The lowest BCUT2D eigenvalue weighted by Gasteiger charge is -2.35. The molecule has 0 heterocycles. The predicted molar refractivity (Wildman–Crippen MR) is 76.2 cm³/mol. The molecule has 126 valence electrons. The third kappa shape index (κ3) is 6.12. The summed E-state index contributed by atoms with van der Waals surface area (Å²) >= 11 is 0. The molecule has 4 nitrogen and oxygen atoms in total. The van der Waals surface area contributed by atoms with Gasteiger partial charge in [0, 0.05) is 11.8 Å². The zero-order valence-electron chi connectivity index (χ0n) is 12.3. The summed E-state index contributed by atoms with van der Waals surface area (Å²) in [6, 6.07) is -0.248. The molecule has 1 fully saturated rings. The molecule has 3 N–H and O–H groups in total. The van der Waals surface area contributed by atoms with Crippen molar-refractivity contribution < 1.29 is 21.6 Å². The van der Waals surface area contributed by atoms with E-state index in [0.717, 1.165) is 0 Å². The lowest BCUT2D eigenvalue weighted by molar-refractivity contribution is -0.186. The topological polar surface area (TPSA) is 72.2 Å². The lowest BCUT2D eigenvalue weighted by Crippen LogP contribution is -2.44. The van der Waals surface area contributed by atoms with Crippen molar-refractivity contribution in [1.82, 2.24) is 5.43 Å². The van der Waals surface area contributed by atoms with E-state index in [1.807, 2.05) is 0 Å². The van der Waals surface area contributed by atoms with Gasteiger partial charge in [0.2, 0.25) is 0 Å². The number of rotatable bonds is 7. The summed E-state index contributed by atoms with van der Waals surface area (Å²) in [4.78, 5) is 0. The number of hydrazine groups is 1. The quantitative estimate of drug-likeness (QED) is 0.555. The third-order valence-corrected chi connectivity index (χ3v) is 6.16. The molecule has 0 aliphatic heterocycles. The fourth-order valence-corrected chi connectivity index (χ4v) is 3.91. The van der Waals surface area contributed by atoms with Gasteiger partial charge in [0.15, 0.2) is 0 Å². The highest BCUT2D eigenvalue weighted by Crippen LogP contribution is 2.41. The molecular weight excluding hydrogens is 305 g/mol. The minimum atomic E-state index is -4.15. The van der Waals surface area contributed by atoms with Gasteiger partial charge in [0.25, 0.3) is 0 Å². The van der Waals surface area contributed by atoms with Crippen molar-refractivity contribution in [2.45, 2.75) is 57.7 Å². The van der Waals surface area contributed by atoms with Crippen LogP contribution < -0.4 is 11.3 Å². The highest BCUT2D eigenvalue weighted by atomic mass is 32.2. The van der Waals surface area contributed by atoms with Gasteiger partial charge >= 0.3 is 6.18 Å². The Labute approximate surface area is 124 Å². The van der Waals surface area contributed by atoms with Crippen LogP contribution in [0.1, 0.15) is 45.4 Å². The van der Waals surface area contributed by atoms with Crippen LogP contribution in [0.15, 0.2) is 0 Å². The Morgan fingerprint density at radius 3 is 2.52 bits per heavy atom. The van der Waals surface area contributed by atoms with Crippen LogP contribution in [0.5, 0.6) is 0 Å². The summed E-state index contributed by atoms with van der Waals surface area (Å²) in [5, 5.41) is 0. The van der Waals surface area contributed by atoms with E-state index in [0.29, 0.717) is 25.7 Å². The minimum absolute atomic E-state index is 0.0666. The molecule has 3 atom stereocenters. The van der Waals surface area contributed by atoms with Crippen molar-refractivity contribution in [3.8, 4) is 0 Å². The monoisotopic (exact) mass is 330 g/mol. The Morgan fingerprint density at radius 1 is 1.33 bits per heavy atom. The summed E-state index contributed by atoms with van der Waals surface area (Å²) in [5.74, 6) is 4.22. The van der Waals surface area contributed by atoms with E-state index in [2.05, 4.69) is 5.43 Å². The van der Waals surface area contributed by atoms with Crippen molar-refractivity contribution in [3.63, 3.8) is 0 Å². The zero-order chi connectivity index (χ0) is 16.1. The summed E-state index contributed by atoms with van der Waals surface area (Å²) in [6.07, 6.45) is -1.71. The number of sulfone groups is 1. The molecule has 3 unspecified atom stereocenters. The maximum Gasteiger partial charge on any atom is 0.391 e. The smallest absolute Gasteiger partial charge is 0.271 e. The SMILES string of the molecule is CCS(=O)(=O)CCCC(NN)C1CCCC(C(F)(F)F)C1. The average Bonchev–Trinajstić information content (AvgIpc) is 2.43. The van der Waals surface area contributed by atoms with Gasteiger partial charge in [-0.05, 0) is 38.0 Å². The summed E-state index contributed by atoms with van der Waals surface area (Å²) < 4.78 is 61.3.